The number of rotatable bonds is 4. The van der Waals surface area contributed by atoms with Crippen molar-refractivity contribution in [3.63, 3.8) is 0 Å². The molecule has 2 aromatic rings. The lowest BCUT2D eigenvalue weighted by Crippen LogP contribution is -2.45. The number of aliphatic carboxylic acids is 1. The number of carboxylic acid groups (broad SMARTS) is 1. The second kappa shape index (κ2) is 5.76. The summed E-state index contributed by atoms with van der Waals surface area (Å²) in [4.78, 5) is 20.4. The standard InChI is InChI=1S/C15H16FN3O3/c1-22-10-2-3-11(16)9(4-10)6-19-7-13-12(17-8-18-13)5-14(19)15(20)21/h2-4,8,14H,5-7H2,1H3,(H,17,18)(H,20,21)/t14-/m0/s1. The van der Waals surface area contributed by atoms with Crippen LogP contribution < -0.4 is 4.74 Å². The first-order chi connectivity index (χ1) is 10.6. The molecule has 0 aliphatic carbocycles. The summed E-state index contributed by atoms with van der Waals surface area (Å²) in [5.41, 5.74) is 2.05. The molecule has 0 saturated carbocycles. The van der Waals surface area contributed by atoms with Crippen LogP contribution in [0.15, 0.2) is 24.5 Å². The Morgan fingerprint density at radius 3 is 3.14 bits per heavy atom. The van der Waals surface area contributed by atoms with Crippen LogP contribution in [-0.2, 0) is 24.3 Å². The number of nitrogens with one attached hydrogen (secondary N) is 1. The number of nitrogens with zero attached hydrogens (tertiary/aromatic N) is 2. The zero-order valence-corrected chi connectivity index (χ0v) is 12.0. The van der Waals surface area contributed by atoms with Crippen molar-refractivity contribution in [2.45, 2.75) is 25.6 Å². The van der Waals surface area contributed by atoms with Gasteiger partial charge < -0.3 is 14.8 Å². The van der Waals surface area contributed by atoms with Crippen LogP contribution in [0.25, 0.3) is 0 Å². The van der Waals surface area contributed by atoms with Gasteiger partial charge in [0.2, 0.25) is 0 Å². The maximum atomic E-state index is 14.0. The molecule has 0 amide bonds. The van der Waals surface area contributed by atoms with Crippen LogP contribution in [0.3, 0.4) is 0 Å². The van der Waals surface area contributed by atoms with Crippen LogP contribution in [0.1, 0.15) is 17.0 Å². The second-order valence-corrected chi connectivity index (χ2v) is 5.25. The number of methoxy groups -OCH3 is 1. The van der Waals surface area contributed by atoms with Gasteiger partial charge in [0.25, 0.3) is 0 Å². The van der Waals surface area contributed by atoms with Crippen LogP contribution in [0.5, 0.6) is 5.75 Å². The van der Waals surface area contributed by atoms with E-state index in [0.29, 0.717) is 24.3 Å². The van der Waals surface area contributed by atoms with Gasteiger partial charge >= 0.3 is 5.97 Å². The average Bonchev–Trinajstić information content (AvgIpc) is 2.95. The predicted octanol–water partition coefficient (Wildman–Crippen LogP) is 1.57. The summed E-state index contributed by atoms with van der Waals surface area (Å²) in [6.45, 7) is 0.585. The van der Waals surface area contributed by atoms with E-state index in [1.54, 1.807) is 17.3 Å². The van der Waals surface area contributed by atoms with Crippen LogP contribution in [-0.4, -0.2) is 39.1 Å². The summed E-state index contributed by atoms with van der Waals surface area (Å²) in [7, 11) is 1.51. The van der Waals surface area contributed by atoms with Gasteiger partial charge in [-0.05, 0) is 18.2 Å². The fourth-order valence-corrected chi connectivity index (χ4v) is 2.72. The van der Waals surface area contributed by atoms with Crippen molar-refractivity contribution in [3.8, 4) is 5.75 Å². The Labute approximate surface area is 126 Å². The molecule has 0 spiro atoms. The van der Waals surface area contributed by atoms with E-state index in [1.807, 2.05) is 0 Å². The monoisotopic (exact) mass is 305 g/mol. The maximum Gasteiger partial charge on any atom is 0.321 e. The number of H-pyrrole nitrogens is 1. The lowest BCUT2D eigenvalue weighted by molar-refractivity contribution is -0.144. The molecular formula is C15H16FN3O3. The molecule has 1 aromatic heterocycles. The van der Waals surface area contributed by atoms with Gasteiger partial charge in [-0.1, -0.05) is 0 Å². The minimum atomic E-state index is -0.933. The zero-order chi connectivity index (χ0) is 15.7. The Kier molecular flexibility index (Phi) is 3.81. The third-order valence-electron chi connectivity index (χ3n) is 3.91. The van der Waals surface area contributed by atoms with Gasteiger partial charge in [-0.3, -0.25) is 9.69 Å². The van der Waals surface area contributed by atoms with Gasteiger partial charge in [0.05, 0.1) is 24.8 Å². The summed E-state index contributed by atoms with van der Waals surface area (Å²) < 4.78 is 19.1. The first kappa shape index (κ1) is 14.5. The van der Waals surface area contributed by atoms with Crippen LogP contribution >= 0.6 is 0 Å². The molecule has 0 radical (unpaired) electrons. The number of aromatic nitrogens is 2. The van der Waals surface area contributed by atoms with E-state index in [-0.39, 0.29) is 12.4 Å². The van der Waals surface area contributed by atoms with Gasteiger partial charge in [-0.15, -0.1) is 0 Å². The molecule has 1 atom stereocenters. The van der Waals surface area contributed by atoms with E-state index in [1.165, 1.54) is 19.2 Å². The third-order valence-corrected chi connectivity index (χ3v) is 3.91. The summed E-state index contributed by atoms with van der Waals surface area (Å²) in [5, 5.41) is 9.42. The number of aromatic amines is 1. The van der Waals surface area contributed by atoms with Gasteiger partial charge in [-0.2, -0.15) is 0 Å². The number of fused-ring (bicyclic) bond motifs is 1. The van der Waals surface area contributed by atoms with Crippen LogP contribution in [0, 0.1) is 5.82 Å². The van der Waals surface area contributed by atoms with Crippen molar-refractivity contribution in [2.75, 3.05) is 7.11 Å². The number of hydrogen-bond donors (Lipinski definition) is 2. The maximum absolute atomic E-state index is 14.0. The molecule has 7 heteroatoms. The lowest BCUT2D eigenvalue weighted by atomic mass is 10.0. The third kappa shape index (κ3) is 2.67. The summed E-state index contributed by atoms with van der Waals surface area (Å²) in [6.07, 6.45) is 1.86. The molecule has 0 unspecified atom stereocenters. The minimum Gasteiger partial charge on any atom is -0.497 e. The smallest absolute Gasteiger partial charge is 0.321 e. The number of halogens is 1. The number of benzene rings is 1. The highest BCUT2D eigenvalue weighted by Gasteiger charge is 2.33. The zero-order valence-electron chi connectivity index (χ0n) is 12.0. The topological polar surface area (TPSA) is 78.5 Å². The molecule has 1 aliphatic rings. The van der Waals surface area contributed by atoms with E-state index in [9.17, 15) is 14.3 Å². The second-order valence-electron chi connectivity index (χ2n) is 5.25. The summed E-state index contributed by atoms with van der Waals surface area (Å²) >= 11 is 0. The Bertz CT molecular complexity index is 701. The van der Waals surface area contributed by atoms with Crippen molar-refractivity contribution in [1.82, 2.24) is 14.9 Å². The van der Waals surface area contributed by atoms with Crippen molar-refractivity contribution in [1.29, 1.82) is 0 Å². The van der Waals surface area contributed by atoms with Crippen molar-refractivity contribution >= 4 is 5.97 Å². The van der Waals surface area contributed by atoms with Gasteiger partial charge in [-0.25, -0.2) is 9.37 Å². The van der Waals surface area contributed by atoms with E-state index >= 15 is 0 Å². The number of hydrogen-bond acceptors (Lipinski definition) is 4. The molecule has 0 fully saturated rings. The molecule has 3 rings (SSSR count). The number of ether oxygens (including phenoxy) is 1. The van der Waals surface area contributed by atoms with Crippen molar-refractivity contribution in [2.24, 2.45) is 0 Å². The quantitative estimate of drug-likeness (QED) is 0.896. The lowest BCUT2D eigenvalue weighted by Gasteiger charge is -2.32. The summed E-state index contributed by atoms with van der Waals surface area (Å²) in [5.74, 6) is -0.764. The highest BCUT2D eigenvalue weighted by molar-refractivity contribution is 5.74. The van der Waals surface area contributed by atoms with E-state index < -0.39 is 12.0 Å². The van der Waals surface area contributed by atoms with Crippen molar-refractivity contribution in [3.05, 3.63) is 47.3 Å². The Balaban J connectivity index is 1.88. The number of carbonyl (C=O) groups is 1. The molecule has 0 saturated heterocycles. The van der Waals surface area contributed by atoms with Gasteiger partial charge in [0, 0.05) is 25.1 Å². The minimum absolute atomic E-state index is 0.193. The fraction of sp³-hybridized carbons (Fsp3) is 0.333. The first-order valence-corrected chi connectivity index (χ1v) is 6.89. The fourth-order valence-electron chi connectivity index (χ4n) is 2.72. The van der Waals surface area contributed by atoms with E-state index in [0.717, 1.165) is 11.4 Å². The SMILES string of the molecule is COc1ccc(F)c(CN2Cc3[nH]cnc3C[C@H]2C(=O)O)c1. The van der Waals surface area contributed by atoms with Crippen LogP contribution in [0.4, 0.5) is 4.39 Å². The van der Waals surface area contributed by atoms with E-state index in [2.05, 4.69) is 9.97 Å². The number of carboxylic acids is 1. The van der Waals surface area contributed by atoms with E-state index in [4.69, 9.17) is 4.74 Å². The Hall–Kier alpha value is -2.41. The molecule has 116 valence electrons. The van der Waals surface area contributed by atoms with Crippen LogP contribution in [0.2, 0.25) is 0 Å². The molecule has 1 aliphatic heterocycles. The average molecular weight is 305 g/mol. The molecule has 1 aromatic carbocycles. The molecule has 2 heterocycles. The van der Waals surface area contributed by atoms with Gasteiger partial charge in [0.1, 0.15) is 17.6 Å². The first-order valence-electron chi connectivity index (χ1n) is 6.89. The Morgan fingerprint density at radius 1 is 1.59 bits per heavy atom. The Morgan fingerprint density at radius 2 is 2.41 bits per heavy atom. The van der Waals surface area contributed by atoms with Gasteiger partial charge in [0.15, 0.2) is 0 Å². The normalized spacial score (nSPS) is 18.0. The number of imidazole rings is 1. The molecular weight excluding hydrogens is 289 g/mol. The molecule has 0 bridgehead atoms. The molecule has 6 nitrogen and oxygen atoms in total. The molecule has 22 heavy (non-hydrogen) atoms. The summed E-state index contributed by atoms with van der Waals surface area (Å²) in [6, 6.07) is 3.74. The predicted molar refractivity (Wildman–Crippen MR) is 75.9 cm³/mol. The highest BCUT2D eigenvalue weighted by atomic mass is 19.1. The molecule has 2 N–H and O–H groups in total. The van der Waals surface area contributed by atoms with Crippen molar-refractivity contribution < 1.29 is 19.0 Å². The largest absolute Gasteiger partial charge is 0.497 e. The highest BCUT2D eigenvalue weighted by Crippen LogP contribution is 2.25.